The topological polar surface area (TPSA) is 49.0 Å². The summed E-state index contributed by atoms with van der Waals surface area (Å²) in [6.45, 7) is 0. The van der Waals surface area contributed by atoms with E-state index in [0.29, 0.717) is 21.2 Å². The maximum absolute atomic E-state index is 9.96. The van der Waals surface area contributed by atoms with E-state index in [1.54, 1.807) is 18.2 Å². The molecule has 110 valence electrons. The predicted molar refractivity (Wildman–Crippen MR) is 86.1 cm³/mol. The first-order chi connectivity index (χ1) is 9.75. The SMILES string of the molecule is N#Cc1cn(C(O)C(Cl)(Cl)Cl)cc1-c1cccc(Cl)c1Cl. The highest BCUT2D eigenvalue weighted by molar-refractivity contribution is 6.67. The Morgan fingerprint density at radius 3 is 2.38 bits per heavy atom. The Morgan fingerprint density at radius 2 is 1.81 bits per heavy atom. The first kappa shape index (κ1) is 16.8. The quantitative estimate of drug-likeness (QED) is 0.724. The zero-order valence-electron chi connectivity index (χ0n) is 10.2. The van der Waals surface area contributed by atoms with Crippen molar-refractivity contribution in [3.8, 4) is 17.2 Å². The zero-order chi connectivity index (χ0) is 15.8. The zero-order valence-corrected chi connectivity index (χ0v) is 14.0. The monoisotopic (exact) mass is 382 g/mol. The Balaban J connectivity index is 2.58. The third-order valence-corrected chi connectivity index (χ3v) is 4.19. The average molecular weight is 384 g/mol. The molecule has 0 bridgehead atoms. The first-order valence-electron chi connectivity index (χ1n) is 5.56. The minimum absolute atomic E-state index is 0.271. The number of aliphatic hydroxyl groups excluding tert-OH is 1. The fraction of sp³-hybridized carbons (Fsp3) is 0.154. The highest BCUT2D eigenvalue weighted by Crippen LogP contribution is 2.40. The van der Waals surface area contributed by atoms with Crippen molar-refractivity contribution in [3.63, 3.8) is 0 Å². The summed E-state index contributed by atoms with van der Waals surface area (Å²) < 4.78 is -0.695. The van der Waals surface area contributed by atoms with Crippen molar-refractivity contribution in [2.24, 2.45) is 0 Å². The smallest absolute Gasteiger partial charge is 0.234 e. The Bertz CT molecular complexity index is 714. The van der Waals surface area contributed by atoms with Crippen LogP contribution in [0, 0.1) is 11.3 Å². The van der Waals surface area contributed by atoms with Crippen molar-refractivity contribution in [2.75, 3.05) is 0 Å². The molecule has 1 atom stereocenters. The van der Waals surface area contributed by atoms with Crippen LogP contribution in [0.15, 0.2) is 30.6 Å². The minimum atomic E-state index is -1.93. The van der Waals surface area contributed by atoms with Crippen LogP contribution in [0.1, 0.15) is 11.8 Å². The molecule has 3 nitrogen and oxygen atoms in total. The number of rotatable bonds is 2. The standard InChI is InChI=1S/C13H7Cl5N2O/c14-10-3-1-2-8(11(10)15)9-6-20(5-7(9)4-19)12(21)13(16,17)18/h1-3,5-6,12,21H. The Morgan fingerprint density at radius 1 is 1.14 bits per heavy atom. The summed E-state index contributed by atoms with van der Waals surface area (Å²) in [5, 5.41) is 19.8. The Kier molecular flexibility index (Phi) is 4.99. The van der Waals surface area contributed by atoms with Crippen LogP contribution in [0.3, 0.4) is 0 Å². The number of nitrogens with zero attached hydrogens (tertiary/aromatic N) is 2. The van der Waals surface area contributed by atoms with E-state index in [9.17, 15) is 10.4 Å². The summed E-state index contributed by atoms with van der Waals surface area (Å²) in [4.78, 5) is 0. The highest BCUT2D eigenvalue weighted by atomic mass is 35.6. The second-order valence-corrected chi connectivity index (χ2v) is 7.32. The molecule has 1 N–H and O–H groups in total. The molecular weight excluding hydrogens is 377 g/mol. The molecule has 0 radical (unpaired) electrons. The van der Waals surface area contributed by atoms with Gasteiger partial charge in [0.05, 0.1) is 15.6 Å². The third kappa shape index (κ3) is 3.43. The van der Waals surface area contributed by atoms with Gasteiger partial charge in [0, 0.05) is 23.5 Å². The fourth-order valence-corrected chi connectivity index (χ4v) is 2.54. The molecule has 0 saturated carbocycles. The largest absolute Gasteiger partial charge is 0.369 e. The number of benzene rings is 1. The first-order valence-corrected chi connectivity index (χ1v) is 7.45. The lowest BCUT2D eigenvalue weighted by molar-refractivity contribution is 0.109. The lowest BCUT2D eigenvalue weighted by Gasteiger charge is -2.20. The van der Waals surface area contributed by atoms with Gasteiger partial charge in [-0.05, 0) is 6.07 Å². The van der Waals surface area contributed by atoms with E-state index in [1.807, 2.05) is 6.07 Å². The number of nitriles is 1. The summed E-state index contributed by atoms with van der Waals surface area (Å²) >= 11 is 29.1. The van der Waals surface area contributed by atoms with E-state index in [0.717, 1.165) is 0 Å². The van der Waals surface area contributed by atoms with Crippen molar-refractivity contribution in [2.45, 2.75) is 10.0 Å². The van der Waals surface area contributed by atoms with Crippen LogP contribution in [-0.2, 0) is 0 Å². The van der Waals surface area contributed by atoms with Crippen molar-refractivity contribution >= 4 is 58.0 Å². The van der Waals surface area contributed by atoms with Crippen LogP contribution in [0.5, 0.6) is 0 Å². The molecule has 0 saturated heterocycles. The summed E-state index contributed by atoms with van der Waals surface area (Å²) in [7, 11) is 0. The average Bonchev–Trinajstić information content (AvgIpc) is 2.83. The van der Waals surface area contributed by atoms with Gasteiger partial charge in [0.2, 0.25) is 3.79 Å². The summed E-state index contributed by atoms with van der Waals surface area (Å²) in [6, 6.07) is 7.04. The summed E-state index contributed by atoms with van der Waals surface area (Å²) in [5.41, 5.74) is 1.31. The molecule has 1 aromatic heterocycles. The van der Waals surface area contributed by atoms with E-state index in [2.05, 4.69) is 0 Å². The number of alkyl halides is 3. The molecule has 1 aromatic carbocycles. The van der Waals surface area contributed by atoms with E-state index >= 15 is 0 Å². The van der Waals surface area contributed by atoms with Gasteiger partial charge in [0.25, 0.3) is 0 Å². The second-order valence-electron chi connectivity index (χ2n) is 4.16. The van der Waals surface area contributed by atoms with Gasteiger partial charge >= 0.3 is 0 Å². The summed E-state index contributed by atoms with van der Waals surface area (Å²) in [6.07, 6.45) is 1.41. The molecule has 8 heteroatoms. The van der Waals surface area contributed by atoms with Gasteiger partial charge in [-0.2, -0.15) is 5.26 Å². The van der Waals surface area contributed by atoms with Gasteiger partial charge in [-0.3, -0.25) is 0 Å². The molecule has 0 amide bonds. The molecule has 0 aliphatic heterocycles. The predicted octanol–water partition coefficient (Wildman–Crippen LogP) is 5.19. The van der Waals surface area contributed by atoms with Crippen molar-refractivity contribution in [1.29, 1.82) is 5.26 Å². The van der Waals surface area contributed by atoms with Crippen molar-refractivity contribution in [3.05, 3.63) is 46.2 Å². The molecule has 0 aliphatic rings. The van der Waals surface area contributed by atoms with Gasteiger partial charge in [0.15, 0.2) is 6.23 Å². The van der Waals surface area contributed by atoms with Crippen LogP contribution in [0.2, 0.25) is 10.0 Å². The molecule has 0 spiro atoms. The van der Waals surface area contributed by atoms with Gasteiger partial charge in [0.1, 0.15) is 6.07 Å². The maximum Gasteiger partial charge on any atom is 0.234 e. The van der Waals surface area contributed by atoms with E-state index in [1.165, 1.54) is 17.0 Å². The molecule has 21 heavy (non-hydrogen) atoms. The highest BCUT2D eigenvalue weighted by Gasteiger charge is 2.33. The number of halogens is 5. The van der Waals surface area contributed by atoms with Crippen LogP contribution in [0.25, 0.3) is 11.1 Å². The van der Waals surface area contributed by atoms with E-state index in [4.69, 9.17) is 58.0 Å². The lowest BCUT2D eigenvalue weighted by atomic mass is 10.1. The molecule has 0 aliphatic carbocycles. The molecule has 2 aromatic rings. The van der Waals surface area contributed by atoms with E-state index in [-0.39, 0.29) is 5.56 Å². The van der Waals surface area contributed by atoms with Crippen LogP contribution in [0.4, 0.5) is 0 Å². The van der Waals surface area contributed by atoms with Crippen molar-refractivity contribution in [1.82, 2.24) is 4.57 Å². The molecule has 1 heterocycles. The normalized spacial score (nSPS) is 13.0. The third-order valence-electron chi connectivity index (χ3n) is 2.78. The Labute approximate surface area is 146 Å². The van der Waals surface area contributed by atoms with Gasteiger partial charge < -0.3 is 9.67 Å². The van der Waals surface area contributed by atoms with Gasteiger partial charge in [-0.25, -0.2) is 0 Å². The molecule has 0 fully saturated rings. The lowest BCUT2D eigenvalue weighted by Crippen LogP contribution is -2.21. The van der Waals surface area contributed by atoms with Gasteiger partial charge in [-0.15, -0.1) is 0 Å². The van der Waals surface area contributed by atoms with E-state index < -0.39 is 10.0 Å². The fourth-order valence-electron chi connectivity index (χ4n) is 1.80. The second kappa shape index (κ2) is 6.26. The number of aromatic nitrogens is 1. The van der Waals surface area contributed by atoms with Crippen molar-refractivity contribution < 1.29 is 5.11 Å². The van der Waals surface area contributed by atoms with Crippen LogP contribution < -0.4 is 0 Å². The molecule has 2 rings (SSSR count). The number of aliphatic hydroxyl groups is 1. The molecular formula is C13H7Cl5N2O. The maximum atomic E-state index is 9.96. The van der Waals surface area contributed by atoms with Crippen LogP contribution in [-0.4, -0.2) is 13.5 Å². The van der Waals surface area contributed by atoms with Gasteiger partial charge in [-0.1, -0.05) is 70.1 Å². The number of hydrogen-bond acceptors (Lipinski definition) is 2. The molecule has 1 unspecified atom stereocenters. The Hall–Kier alpha value is -0.600. The number of hydrogen-bond donors (Lipinski definition) is 1. The summed E-state index contributed by atoms with van der Waals surface area (Å²) in [5.74, 6) is 0. The minimum Gasteiger partial charge on any atom is -0.369 e. The van der Waals surface area contributed by atoms with Crippen LogP contribution >= 0.6 is 58.0 Å².